The Morgan fingerprint density at radius 2 is 1.96 bits per heavy atom. The van der Waals surface area contributed by atoms with Crippen molar-refractivity contribution in [3.8, 4) is 29.1 Å². The Morgan fingerprint density at radius 3 is 2.80 bits per heavy atom. The van der Waals surface area contributed by atoms with Gasteiger partial charge in [0.1, 0.15) is 29.8 Å². The molecule has 0 aliphatic carbocycles. The zero-order valence-electron chi connectivity index (χ0n) is 28.6. The smallest absolute Gasteiger partial charge is 0.319 e. The van der Waals surface area contributed by atoms with Gasteiger partial charge < -0.3 is 19.3 Å². The number of hydrogen-bond acceptors (Lipinski definition) is 9. The Labute approximate surface area is 300 Å². The summed E-state index contributed by atoms with van der Waals surface area (Å²) in [6.45, 7) is 5.87. The third-order valence-corrected chi connectivity index (χ3v) is 11.2. The summed E-state index contributed by atoms with van der Waals surface area (Å²) in [5.74, 6) is 5.44. The van der Waals surface area contributed by atoms with Gasteiger partial charge >= 0.3 is 6.01 Å². The van der Waals surface area contributed by atoms with E-state index in [1.807, 2.05) is 36.2 Å². The number of rotatable bonds is 7. The molecular weight excluding hydrogens is 676 g/mol. The fourth-order valence-corrected chi connectivity index (χ4v) is 8.45. The fourth-order valence-electron chi connectivity index (χ4n) is 8.16. The molecule has 0 N–H and O–H groups in total. The molecule has 2 aromatic heterocycles. The number of hydrogen-bond donors (Lipinski definition) is 0. The van der Waals surface area contributed by atoms with Crippen molar-refractivity contribution in [3.05, 3.63) is 53.4 Å². The minimum atomic E-state index is -0.913. The zero-order valence-corrected chi connectivity index (χ0v) is 29.3. The highest BCUT2D eigenvalue weighted by Gasteiger charge is 2.49. The number of pyridine rings is 1. The Bertz CT molecular complexity index is 2030. The van der Waals surface area contributed by atoms with Crippen molar-refractivity contribution >= 4 is 45.0 Å². The topological polar surface area (TPSA) is 87.2 Å². The summed E-state index contributed by atoms with van der Waals surface area (Å²) < 4.78 is 43.1. The van der Waals surface area contributed by atoms with Crippen LogP contribution in [0.3, 0.4) is 0 Å². The van der Waals surface area contributed by atoms with Crippen LogP contribution in [0.1, 0.15) is 25.7 Å². The van der Waals surface area contributed by atoms with E-state index in [2.05, 4.69) is 31.6 Å². The standard InChI is InChI=1S/C38H40ClF2N7O3/c1-45(27-11-15-47(23-27)31(49)10-4-13-46-16-18-50-19-17-46)36-29-21-42-34(28-8-2-6-25-7-3-9-30(39)32(25)28)33(41)35(29)43-37(44-36)51-24-38-12-5-14-48(38)22-26(40)20-38/h2-3,6-9,21,26-27H,5,11-20,22-24H2,1H3/t26-,27-,38?/m1/s1. The molecule has 2 aromatic carbocycles. The minimum Gasteiger partial charge on any atom is -0.461 e. The maximum atomic E-state index is 16.8. The molecule has 0 bridgehead atoms. The SMILES string of the molecule is CN(c1nc(OCC23CCCN2C[C@H](F)C3)nc2c(F)c(-c3cccc4cccc(Cl)c34)ncc12)[C@@H]1CCN(C(=O)C#CCN2CCOCC2)C1. The molecule has 1 amide bonds. The zero-order chi connectivity index (χ0) is 35.1. The maximum absolute atomic E-state index is 16.8. The van der Waals surface area contributed by atoms with Crippen LogP contribution in [0.2, 0.25) is 5.02 Å². The van der Waals surface area contributed by atoms with Gasteiger partial charge in [0.15, 0.2) is 5.82 Å². The molecule has 51 heavy (non-hydrogen) atoms. The first-order valence-corrected chi connectivity index (χ1v) is 18.0. The largest absolute Gasteiger partial charge is 0.461 e. The summed E-state index contributed by atoms with van der Waals surface area (Å²) in [6, 6.07) is 11.0. The summed E-state index contributed by atoms with van der Waals surface area (Å²) in [5.41, 5.74) is 0.296. The average molecular weight is 716 g/mol. The van der Waals surface area contributed by atoms with Crippen molar-refractivity contribution < 1.29 is 23.0 Å². The molecule has 10 nitrogen and oxygen atoms in total. The van der Waals surface area contributed by atoms with E-state index in [1.54, 1.807) is 23.2 Å². The Kier molecular flexibility index (Phi) is 9.40. The van der Waals surface area contributed by atoms with E-state index in [-0.39, 0.29) is 35.8 Å². The van der Waals surface area contributed by atoms with Crippen molar-refractivity contribution in [2.75, 3.05) is 77.6 Å². The Balaban J connectivity index is 1.11. The van der Waals surface area contributed by atoms with E-state index in [4.69, 9.17) is 26.1 Å². The van der Waals surface area contributed by atoms with E-state index in [1.165, 1.54) is 0 Å². The lowest BCUT2D eigenvalue weighted by Crippen LogP contribution is -2.43. The number of benzene rings is 2. The molecule has 4 aliphatic heterocycles. The molecule has 4 aromatic rings. The Hall–Kier alpha value is -4.15. The molecule has 4 fully saturated rings. The van der Waals surface area contributed by atoms with Crippen molar-refractivity contribution in [2.45, 2.75) is 43.4 Å². The number of morpholine rings is 1. The molecule has 0 saturated carbocycles. The number of halogens is 3. The number of alkyl halides is 1. The number of nitrogens with zero attached hydrogens (tertiary/aromatic N) is 7. The lowest BCUT2D eigenvalue weighted by atomic mass is 9.95. The molecule has 0 radical (unpaired) electrons. The summed E-state index contributed by atoms with van der Waals surface area (Å²) in [6.07, 6.45) is 3.53. The normalized spacial score (nSPS) is 23.8. The molecule has 1 unspecified atom stereocenters. The quantitative estimate of drug-likeness (QED) is 0.247. The van der Waals surface area contributed by atoms with Crippen molar-refractivity contribution in [1.29, 1.82) is 0 Å². The van der Waals surface area contributed by atoms with Crippen LogP contribution in [-0.4, -0.2) is 126 Å². The van der Waals surface area contributed by atoms with Crippen LogP contribution in [0.25, 0.3) is 32.9 Å². The van der Waals surface area contributed by atoms with Gasteiger partial charge in [0.05, 0.1) is 30.7 Å². The van der Waals surface area contributed by atoms with Crippen LogP contribution in [0, 0.1) is 17.7 Å². The average Bonchev–Trinajstić information content (AvgIpc) is 3.86. The first kappa shape index (κ1) is 34.0. The number of carbonyl (C=O) groups excluding carboxylic acids is 1. The predicted octanol–water partition coefficient (Wildman–Crippen LogP) is 4.97. The molecular formula is C38H40ClF2N7O3. The first-order chi connectivity index (χ1) is 24.8. The summed E-state index contributed by atoms with van der Waals surface area (Å²) >= 11 is 6.63. The van der Waals surface area contributed by atoms with Crippen molar-refractivity contribution in [3.63, 3.8) is 0 Å². The van der Waals surface area contributed by atoms with Crippen LogP contribution in [0.5, 0.6) is 6.01 Å². The summed E-state index contributed by atoms with van der Waals surface area (Å²) in [5, 5.41) is 2.47. The summed E-state index contributed by atoms with van der Waals surface area (Å²) in [4.78, 5) is 35.2. The van der Waals surface area contributed by atoms with E-state index in [0.717, 1.165) is 37.9 Å². The maximum Gasteiger partial charge on any atom is 0.319 e. The second-order valence-electron chi connectivity index (χ2n) is 14.0. The number of fused-ring (bicyclic) bond motifs is 3. The lowest BCUT2D eigenvalue weighted by Gasteiger charge is -2.31. The minimum absolute atomic E-state index is 0.0137. The van der Waals surface area contributed by atoms with Gasteiger partial charge in [-0.05, 0) is 43.2 Å². The second-order valence-corrected chi connectivity index (χ2v) is 14.4. The Morgan fingerprint density at radius 1 is 1.14 bits per heavy atom. The van der Waals surface area contributed by atoms with E-state index >= 15 is 4.39 Å². The monoisotopic (exact) mass is 715 g/mol. The number of aromatic nitrogens is 3. The summed E-state index contributed by atoms with van der Waals surface area (Å²) in [7, 11) is 1.88. The van der Waals surface area contributed by atoms with Crippen LogP contribution in [0.4, 0.5) is 14.6 Å². The van der Waals surface area contributed by atoms with Gasteiger partial charge in [0.25, 0.3) is 5.91 Å². The molecule has 4 saturated heterocycles. The van der Waals surface area contributed by atoms with Gasteiger partial charge in [-0.2, -0.15) is 9.97 Å². The third kappa shape index (κ3) is 6.57. The molecule has 8 rings (SSSR count). The highest BCUT2D eigenvalue weighted by atomic mass is 35.5. The van der Waals surface area contributed by atoms with Gasteiger partial charge in [-0.3, -0.25) is 19.6 Å². The van der Waals surface area contributed by atoms with Crippen molar-refractivity contribution in [1.82, 2.24) is 29.7 Å². The van der Waals surface area contributed by atoms with Gasteiger partial charge in [-0.1, -0.05) is 47.9 Å². The van der Waals surface area contributed by atoms with E-state index in [0.29, 0.717) is 79.4 Å². The number of ether oxygens (including phenoxy) is 2. The highest BCUT2D eigenvalue weighted by molar-refractivity contribution is 6.36. The third-order valence-electron chi connectivity index (χ3n) is 10.9. The van der Waals surface area contributed by atoms with Crippen LogP contribution in [0.15, 0.2) is 42.6 Å². The van der Waals surface area contributed by atoms with E-state index < -0.39 is 17.5 Å². The predicted molar refractivity (Wildman–Crippen MR) is 192 cm³/mol. The highest BCUT2D eigenvalue weighted by Crippen LogP contribution is 2.41. The van der Waals surface area contributed by atoms with Crippen LogP contribution >= 0.6 is 11.6 Å². The molecule has 266 valence electrons. The number of anilines is 1. The van der Waals surface area contributed by atoms with Crippen molar-refractivity contribution in [2.24, 2.45) is 0 Å². The molecule has 4 aliphatic rings. The fraction of sp³-hybridized carbons (Fsp3) is 0.474. The molecule has 3 atom stereocenters. The van der Waals surface area contributed by atoms with Gasteiger partial charge in [0.2, 0.25) is 0 Å². The number of likely N-dealkylation sites (tertiary alicyclic amines) is 1. The number of amides is 1. The molecule has 13 heteroatoms. The molecule has 0 spiro atoms. The van der Waals surface area contributed by atoms with Crippen LogP contribution in [-0.2, 0) is 9.53 Å². The van der Waals surface area contributed by atoms with E-state index in [9.17, 15) is 9.18 Å². The van der Waals surface area contributed by atoms with Crippen LogP contribution < -0.4 is 9.64 Å². The second kappa shape index (κ2) is 14.1. The van der Waals surface area contributed by atoms with Gasteiger partial charge in [-0.15, -0.1) is 0 Å². The van der Waals surface area contributed by atoms with Gasteiger partial charge in [-0.25, -0.2) is 8.78 Å². The van der Waals surface area contributed by atoms with Gasteiger partial charge in [0, 0.05) is 74.4 Å². The molecule has 6 heterocycles. The number of likely N-dealkylation sites (N-methyl/N-ethyl adjacent to an activating group) is 1. The lowest BCUT2D eigenvalue weighted by molar-refractivity contribution is -0.124. The number of carbonyl (C=O) groups is 1. The first-order valence-electron chi connectivity index (χ1n) is 17.7.